The fourth-order valence-electron chi connectivity index (χ4n) is 5.65. The molecule has 0 aromatic heterocycles. The van der Waals surface area contributed by atoms with Crippen molar-refractivity contribution in [1.29, 1.82) is 5.26 Å². The molecule has 172 valence electrons. The molecule has 2 fully saturated rings. The van der Waals surface area contributed by atoms with Gasteiger partial charge in [-0.2, -0.15) is 5.26 Å². The maximum absolute atomic E-state index is 13.7. The van der Waals surface area contributed by atoms with Crippen LogP contribution in [0.1, 0.15) is 11.1 Å². The molecule has 0 radical (unpaired) electrons. The number of carbonyl (C=O) groups is 3. The topological polar surface area (TPSA) is 90.7 Å². The van der Waals surface area contributed by atoms with Gasteiger partial charge >= 0.3 is 6.09 Å². The second-order valence-electron chi connectivity index (χ2n) is 9.08. The maximum atomic E-state index is 13.7. The average Bonchev–Trinajstić information content (AvgIpc) is 3.19. The number of rotatable bonds is 3. The number of piperidine rings is 1. The predicted octanol–water partition coefficient (Wildman–Crippen LogP) is 4.02. The summed E-state index contributed by atoms with van der Waals surface area (Å²) < 4.78 is 5.54. The van der Waals surface area contributed by atoms with E-state index in [0.717, 1.165) is 5.56 Å². The molecule has 0 spiro atoms. The summed E-state index contributed by atoms with van der Waals surface area (Å²) in [6.45, 7) is 0.471. The summed E-state index contributed by atoms with van der Waals surface area (Å²) in [5, 5.41) is 10.8. The molecular formula is C28H21N3O4. The first-order valence-electron chi connectivity index (χ1n) is 11.5. The molecule has 7 heteroatoms. The van der Waals surface area contributed by atoms with Crippen LogP contribution < -0.4 is 4.90 Å². The number of nitrogens with zero attached hydrogens (tertiary/aromatic N) is 3. The lowest BCUT2D eigenvalue weighted by molar-refractivity contribution is -0.126. The minimum atomic E-state index is -0.662. The molecule has 0 saturated carbocycles. The number of nitriles is 1. The van der Waals surface area contributed by atoms with Crippen molar-refractivity contribution < 1.29 is 19.1 Å². The van der Waals surface area contributed by atoms with E-state index in [-0.39, 0.29) is 24.3 Å². The van der Waals surface area contributed by atoms with Gasteiger partial charge in [0.2, 0.25) is 11.8 Å². The summed E-state index contributed by atoms with van der Waals surface area (Å²) in [5.74, 6) is -2.03. The number of benzene rings is 3. The highest BCUT2D eigenvalue weighted by Gasteiger charge is 2.60. The van der Waals surface area contributed by atoms with Crippen molar-refractivity contribution in [1.82, 2.24) is 4.90 Å². The molecular weight excluding hydrogens is 442 g/mol. The van der Waals surface area contributed by atoms with Gasteiger partial charge in [0.25, 0.3) is 0 Å². The van der Waals surface area contributed by atoms with Gasteiger partial charge in [-0.15, -0.1) is 0 Å². The largest absolute Gasteiger partial charge is 0.445 e. The van der Waals surface area contributed by atoms with Gasteiger partial charge < -0.3 is 9.64 Å². The normalized spacial score (nSPS) is 24.5. The van der Waals surface area contributed by atoms with Crippen molar-refractivity contribution in [3.63, 3.8) is 0 Å². The molecule has 0 unspecified atom stereocenters. The molecule has 3 aliphatic heterocycles. The Morgan fingerprint density at radius 2 is 1.63 bits per heavy atom. The minimum Gasteiger partial charge on any atom is -0.445 e. The second kappa shape index (κ2) is 8.10. The summed E-state index contributed by atoms with van der Waals surface area (Å²) in [6.07, 6.45) is 3.30. The Morgan fingerprint density at radius 3 is 2.40 bits per heavy atom. The molecule has 3 aromatic carbocycles. The van der Waals surface area contributed by atoms with E-state index in [2.05, 4.69) is 6.07 Å². The first-order chi connectivity index (χ1) is 17.1. The fourth-order valence-corrected chi connectivity index (χ4v) is 5.65. The standard InChI is InChI=1S/C28H21N3O4/c29-14-18-10-12-22(21-9-5-4-8-20(18)21)31-26(32)24-19-11-13-23(25(24)27(31)33)30(15-19)28(34)35-16-17-6-2-1-3-7-17/h1-13,19,23-25H,15-16H2/t19-,23-,24+,25-/m0/s1. The zero-order valence-corrected chi connectivity index (χ0v) is 18.7. The van der Waals surface area contributed by atoms with Gasteiger partial charge in [0.1, 0.15) is 6.61 Å². The van der Waals surface area contributed by atoms with Crippen molar-refractivity contribution in [2.75, 3.05) is 11.4 Å². The molecule has 3 amide bonds. The monoisotopic (exact) mass is 463 g/mol. The van der Waals surface area contributed by atoms with E-state index < -0.39 is 24.0 Å². The third-order valence-corrected chi connectivity index (χ3v) is 7.25. The number of ether oxygens (including phenoxy) is 1. The van der Waals surface area contributed by atoms with Gasteiger partial charge in [0.05, 0.1) is 35.2 Å². The average molecular weight is 463 g/mol. The van der Waals surface area contributed by atoms with E-state index in [9.17, 15) is 19.6 Å². The highest BCUT2D eigenvalue weighted by Crippen LogP contribution is 2.47. The summed E-state index contributed by atoms with van der Waals surface area (Å²) in [4.78, 5) is 43.1. The van der Waals surface area contributed by atoms with Gasteiger partial charge in [-0.05, 0) is 17.7 Å². The number of amides is 3. The minimum absolute atomic E-state index is 0.140. The second-order valence-corrected chi connectivity index (χ2v) is 9.08. The molecule has 3 aromatic rings. The van der Waals surface area contributed by atoms with E-state index in [4.69, 9.17) is 4.74 Å². The quantitative estimate of drug-likeness (QED) is 0.432. The van der Waals surface area contributed by atoms with Gasteiger partial charge in [0, 0.05) is 23.2 Å². The number of carbonyl (C=O) groups excluding carboxylic acids is 3. The van der Waals surface area contributed by atoms with Crippen molar-refractivity contribution in [3.8, 4) is 6.07 Å². The van der Waals surface area contributed by atoms with Crippen LogP contribution in [0.5, 0.6) is 0 Å². The van der Waals surface area contributed by atoms with E-state index in [1.807, 2.05) is 66.7 Å². The van der Waals surface area contributed by atoms with E-state index in [1.54, 1.807) is 17.0 Å². The number of imide groups is 1. The molecule has 7 rings (SSSR count). The van der Waals surface area contributed by atoms with Crippen LogP contribution in [0, 0.1) is 29.1 Å². The highest BCUT2D eigenvalue weighted by atomic mass is 16.6. The van der Waals surface area contributed by atoms with Crippen molar-refractivity contribution >= 4 is 34.4 Å². The third-order valence-electron chi connectivity index (χ3n) is 7.25. The Balaban J connectivity index is 1.31. The zero-order valence-electron chi connectivity index (χ0n) is 18.7. The Labute approximate surface area is 201 Å². The molecule has 1 aliphatic carbocycles. The molecule has 4 aliphatic rings. The van der Waals surface area contributed by atoms with Crippen molar-refractivity contribution in [3.05, 3.63) is 90.0 Å². The number of fused-ring (bicyclic) bond motifs is 2. The van der Waals surface area contributed by atoms with E-state index >= 15 is 0 Å². The SMILES string of the molecule is N#Cc1ccc(N2C(=O)[C@@H]3[C@H](C2=O)[C@H]2C=C[C@@H]3N(C(=O)OCc3ccccc3)C2)c2ccccc12. The van der Waals surface area contributed by atoms with Crippen LogP contribution in [0.3, 0.4) is 0 Å². The summed E-state index contributed by atoms with van der Waals surface area (Å²) in [7, 11) is 0. The Hall–Kier alpha value is -4.44. The van der Waals surface area contributed by atoms with Gasteiger partial charge in [-0.3, -0.25) is 9.59 Å². The molecule has 2 bridgehead atoms. The smallest absolute Gasteiger partial charge is 0.410 e. The lowest BCUT2D eigenvalue weighted by Gasteiger charge is -2.45. The summed E-state index contributed by atoms with van der Waals surface area (Å²) in [6, 6.07) is 21.6. The number of anilines is 1. The van der Waals surface area contributed by atoms with Crippen LogP contribution in [0.4, 0.5) is 10.5 Å². The van der Waals surface area contributed by atoms with Crippen LogP contribution in [0.15, 0.2) is 78.9 Å². The number of hydrogen-bond acceptors (Lipinski definition) is 5. The first kappa shape index (κ1) is 21.1. The molecule has 0 N–H and O–H groups in total. The number of hydrogen-bond donors (Lipinski definition) is 0. The van der Waals surface area contributed by atoms with Crippen molar-refractivity contribution in [2.24, 2.45) is 17.8 Å². The van der Waals surface area contributed by atoms with E-state index in [1.165, 1.54) is 4.90 Å². The third kappa shape index (κ3) is 3.22. The Bertz CT molecular complexity index is 1440. The highest BCUT2D eigenvalue weighted by molar-refractivity contribution is 6.25. The molecule has 2 saturated heterocycles. The Morgan fingerprint density at radius 1 is 0.914 bits per heavy atom. The lowest BCUT2D eigenvalue weighted by atomic mass is 9.70. The van der Waals surface area contributed by atoms with Crippen molar-refractivity contribution in [2.45, 2.75) is 12.6 Å². The van der Waals surface area contributed by atoms with Gasteiger partial charge in [-0.1, -0.05) is 66.7 Å². The maximum Gasteiger partial charge on any atom is 0.410 e. The summed E-state index contributed by atoms with van der Waals surface area (Å²) >= 11 is 0. The fraction of sp³-hybridized carbons (Fsp3) is 0.214. The first-order valence-corrected chi connectivity index (χ1v) is 11.5. The molecule has 4 atom stereocenters. The summed E-state index contributed by atoms with van der Waals surface area (Å²) in [5.41, 5.74) is 1.83. The lowest BCUT2D eigenvalue weighted by Crippen LogP contribution is -2.58. The predicted molar refractivity (Wildman–Crippen MR) is 128 cm³/mol. The zero-order chi connectivity index (χ0) is 24.1. The van der Waals surface area contributed by atoms with Gasteiger partial charge in [-0.25, -0.2) is 9.69 Å². The molecule has 3 heterocycles. The van der Waals surface area contributed by atoms with Crippen LogP contribution >= 0.6 is 0 Å². The van der Waals surface area contributed by atoms with Crippen LogP contribution in [-0.2, 0) is 20.9 Å². The van der Waals surface area contributed by atoms with Gasteiger partial charge in [0.15, 0.2) is 0 Å². The van der Waals surface area contributed by atoms with Crippen LogP contribution in [-0.4, -0.2) is 35.4 Å². The molecule has 35 heavy (non-hydrogen) atoms. The van der Waals surface area contributed by atoms with Crippen LogP contribution in [0.2, 0.25) is 0 Å². The van der Waals surface area contributed by atoms with Crippen LogP contribution in [0.25, 0.3) is 10.8 Å². The van der Waals surface area contributed by atoms with E-state index in [0.29, 0.717) is 28.6 Å². The molecule has 7 nitrogen and oxygen atoms in total. The Kier molecular flexibility index (Phi) is 4.89.